The standard InChI is InChI=1S/C33H64O10S/c1-12-13-14-15-16-17-18-19-44-33(11)32(10,40)28(6,36)24(2,25(3,20-34)43-33)22-41-23-27(5)30(8,38)31(9,39)29(7,37)26(4,21-35)42-27/h34-40H,12-23H2,1-11H3/t24-,25?,26?,27-,28-,29-,30?,31-,32?,33+/m1/s1. The first kappa shape index (κ1) is 40.1. The second-order valence-corrected chi connectivity index (χ2v) is 16.8. The van der Waals surface area contributed by atoms with Crippen LogP contribution >= 0.6 is 11.8 Å². The number of ether oxygens (including phenoxy) is 3. The molecule has 2 heterocycles. The number of aliphatic hydroxyl groups is 7. The summed E-state index contributed by atoms with van der Waals surface area (Å²) in [7, 11) is 0. The van der Waals surface area contributed by atoms with Gasteiger partial charge in [0, 0.05) is 0 Å². The number of thioether (sulfide) groups is 1. The minimum Gasteiger partial charge on any atom is -0.393 e. The summed E-state index contributed by atoms with van der Waals surface area (Å²) in [4.78, 5) is -1.26. The van der Waals surface area contributed by atoms with Crippen LogP contribution < -0.4 is 0 Å². The van der Waals surface area contributed by atoms with Gasteiger partial charge in [0.25, 0.3) is 0 Å². The van der Waals surface area contributed by atoms with Crippen molar-refractivity contribution in [3.05, 3.63) is 0 Å². The van der Waals surface area contributed by atoms with Gasteiger partial charge in [0.15, 0.2) is 0 Å². The maximum atomic E-state index is 12.2. The molecular weight excluding hydrogens is 588 g/mol. The summed E-state index contributed by atoms with van der Waals surface area (Å²) in [5.41, 5.74) is -16.0. The van der Waals surface area contributed by atoms with Gasteiger partial charge in [-0.1, -0.05) is 52.4 Å². The molecule has 10 nitrogen and oxygen atoms in total. The molecule has 0 amide bonds. The Morgan fingerprint density at radius 1 is 0.523 bits per heavy atom. The van der Waals surface area contributed by atoms with Crippen molar-refractivity contribution in [2.45, 2.75) is 171 Å². The zero-order valence-electron chi connectivity index (χ0n) is 29.2. The molecule has 262 valence electrons. The van der Waals surface area contributed by atoms with Crippen LogP contribution in [0.5, 0.6) is 0 Å². The molecule has 0 spiro atoms. The van der Waals surface area contributed by atoms with Gasteiger partial charge in [-0.05, 0) is 74.5 Å². The van der Waals surface area contributed by atoms with Crippen LogP contribution in [0.2, 0.25) is 0 Å². The summed E-state index contributed by atoms with van der Waals surface area (Å²) < 4.78 is 18.9. The SMILES string of the molecule is CCCCCCCCCS[C@]1(C)OC(C)(CO)[C@@](C)(COC[C@@]2(C)OC(C)(CO)[C@@](C)(O)[C@@](C)(O)C2(C)O)[C@@](C)(O)C1(C)O. The van der Waals surface area contributed by atoms with Crippen LogP contribution in [0.25, 0.3) is 0 Å². The van der Waals surface area contributed by atoms with E-state index in [1.807, 2.05) is 0 Å². The van der Waals surface area contributed by atoms with Crippen molar-refractivity contribution in [1.82, 2.24) is 0 Å². The maximum Gasteiger partial charge on any atom is 0.143 e. The van der Waals surface area contributed by atoms with Gasteiger partial charge in [0.2, 0.25) is 0 Å². The lowest BCUT2D eigenvalue weighted by molar-refractivity contribution is -0.410. The van der Waals surface area contributed by atoms with Crippen LogP contribution in [0.4, 0.5) is 0 Å². The van der Waals surface area contributed by atoms with Crippen molar-refractivity contribution in [2.24, 2.45) is 5.41 Å². The van der Waals surface area contributed by atoms with E-state index in [4.69, 9.17) is 14.2 Å². The van der Waals surface area contributed by atoms with Crippen LogP contribution in [0.3, 0.4) is 0 Å². The molecule has 0 saturated carbocycles. The predicted molar refractivity (Wildman–Crippen MR) is 172 cm³/mol. The lowest BCUT2D eigenvalue weighted by Crippen LogP contribution is -2.85. The monoisotopic (exact) mass is 652 g/mol. The van der Waals surface area contributed by atoms with E-state index in [-0.39, 0.29) is 13.2 Å². The molecule has 2 aliphatic heterocycles. The number of unbranched alkanes of at least 4 members (excludes halogenated alkanes) is 6. The van der Waals surface area contributed by atoms with E-state index in [0.29, 0.717) is 5.75 Å². The topological polar surface area (TPSA) is 169 Å². The van der Waals surface area contributed by atoms with Crippen molar-refractivity contribution in [3.63, 3.8) is 0 Å². The minimum absolute atomic E-state index is 0.241. The molecule has 0 bridgehead atoms. The third kappa shape index (κ3) is 5.93. The largest absolute Gasteiger partial charge is 0.393 e. The van der Waals surface area contributed by atoms with Crippen LogP contribution in [0.15, 0.2) is 0 Å². The zero-order valence-corrected chi connectivity index (χ0v) is 30.1. The fraction of sp³-hybridized carbons (Fsp3) is 1.00. The fourth-order valence-electron chi connectivity index (χ4n) is 7.14. The molecule has 0 aromatic heterocycles. The van der Waals surface area contributed by atoms with E-state index in [2.05, 4.69) is 6.92 Å². The lowest BCUT2D eigenvalue weighted by Gasteiger charge is -2.67. The normalized spacial score (nSPS) is 49.8. The van der Waals surface area contributed by atoms with Crippen molar-refractivity contribution in [2.75, 3.05) is 32.2 Å². The first-order chi connectivity index (χ1) is 19.8. The summed E-state index contributed by atoms with van der Waals surface area (Å²) in [6.07, 6.45) is 8.04. The second kappa shape index (κ2) is 13.1. The summed E-state index contributed by atoms with van der Waals surface area (Å²) in [6.45, 7) is 15.6. The van der Waals surface area contributed by atoms with Crippen molar-refractivity contribution >= 4 is 11.8 Å². The molecule has 7 N–H and O–H groups in total. The predicted octanol–water partition coefficient (Wildman–Crippen LogP) is 3.29. The van der Waals surface area contributed by atoms with Crippen LogP contribution in [0, 0.1) is 5.41 Å². The van der Waals surface area contributed by atoms with Gasteiger partial charge in [-0.15, -0.1) is 11.8 Å². The Hall–Kier alpha value is -0.0500. The number of aliphatic hydroxyl groups excluding tert-OH is 2. The Morgan fingerprint density at radius 3 is 1.50 bits per heavy atom. The average Bonchev–Trinajstić information content (AvgIpc) is 2.92. The van der Waals surface area contributed by atoms with Crippen LogP contribution in [-0.4, -0.2) is 118 Å². The molecule has 0 aliphatic carbocycles. The third-order valence-corrected chi connectivity index (χ3v) is 13.9. The van der Waals surface area contributed by atoms with Gasteiger partial charge in [-0.3, -0.25) is 0 Å². The van der Waals surface area contributed by atoms with Crippen LogP contribution in [-0.2, 0) is 14.2 Å². The molecule has 0 aromatic rings. The molecule has 44 heavy (non-hydrogen) atoms. The fourth-order valence-corrected chi connectivity index (χ4v) is 8.60. The highest BCUT2D eigenvalue weighted by Crippen LogP contribution is 2.61. The highest BCUT2D eigenvalue weighted by atomic mass is 32.2. The minimum atomic E-state index is -2.14. The van der Waals surface area contributed by atoms with Crippen LogP contribution in [0.1, 0.15) is 121 Å². The highest BCUT2D eigenvalue weighted by molar-refractivity contribution is 8.00. The van der Waals surface area contributed by atoms with Crippen molar-refractivity contribution in [1.29, 1.82) is 0 Å². The molecule has 0 aromatic carbocycles. The van der Waals surface area contributed by atoms with E-state index >= 15 is 0 Å². The van der Waals surface area contributed by atoms with Gasteiger partial charge < -0.3 is 50.0 Å². The maximum absolute atomic E-state index is 12.2. The molecule has 11 heteroatoms. The lowest BCUT2D eigenvalue weighted by atomic mass is 9.55. The van der Waals surface area contributed by atoms with E-state index < -0.39 is 68.4 Å². The zero-order chi connectivity index (χ0) is 34.3. The first-order valence-electron chi connectivity index (χ1n) is 16.3. The van der Waals surface area contributed by atoms with Gasteiger partial charge in [-0.2, -0.15) is 0 Å². The van der Waals surface area contributed by atoms with Gasteiger partial charge >= 0.3 is 0 Å². The van der Waals surface area contributed by atoms with E-state index in [1.54, 1.807) is 27.7 Å². The average molecular weight is 653 g/mol. The molecule has 2 aliphatic rings. The quantitative estimate of drug-likeness (QED) is 0.130. The third-order valence-electron chi connectivity index (χ3n) is 12.4. The highest BCUT2D eigenvalue weighted by Gasteiger charge is 2.76. The van der Waals surface area contributed by atoms with Gasteiger partial charge in [0.05, 0.1) is 31.8 Å². The smallest absolute Gasteiger partial charge is 0.143 e. The van der Waals surface area contributed by atoms with E-state index in [1.165, 1.54) is 79.0 Å². The Morgan fingerprint density at radius 2 is 1.00 bits per heavy atom. The van der Waals surface area contributed by atoms with Crippen molar-refractivity contribution in [3.8, 4) is 0 Å². The van der Waals surface area contributed by atoms with Gasteiger partial charge in [0.1, 0.15) is 49.7 Å². The molecule has 10 atom stereocenters. The number of rotatable bonds is 15. The Balaban J connectivity index is 2.30. The summed E-state index contributed by atoms with van der Waals surface area (Å²) in [5.74, 6) is 0.712. The molecular formula is C33H64O10S. The Kier molecular flexibility index (Phi) is 11.9. The van der Waals surface area contributed by atoms with Gasteiger partial charge in [-0.25, -0.2) is 0 Å². The molecule has 4 unspecified atom stereocenters. The number of hydrogen-bond donors (Lipinski definition) is 7. The number of hydrogen-bond acceptors (Lipinski definition) is 11. The second-order valence-electron chi connectivity index (χ2n) is 15.3. The van der Waals surface area contributed by atoms with E-state index in [9.17, 15) is 35.7 Å². The van der Waals surface area contributed by atoms with Crippen molar-refractivity contribution < 1.29 is 50.0 Å². The summed E-state index contributed by atoms with van der Waals surface area (Å²) in [5, 5.41) is 79.4. The Bertz CT molecular complexity index is 970. The summed E-state index contributed by atoms with van der Waals surface area (Å²) in [6, 6.07) is 0. The Labute approximate surface area is 269 Å². The molecule has 0 radical (unpaired) electrons. The van der Waals surface area contributed by atoms with E-state index in [0.717, 1.165) is 19.3 Å². The first-order valence-corrected chi connectivity index (χ1v) is 17.2. The molecule has 2 saturated heterocycles. The summed E-state index contributed by atoms with van der Waals surface area (Å²) >= 11 is 1.43. The molecule has 2 rings (SSSR count). The molecule has 2 fully saturated rings.